The summed E-state index contributed by atoms with van der Waals surface area (Å²) in [5.74, 6) is -1.99. The van der Waals surface area contributed by atoms with Gasteiger partial charge in [0.15, 0.2) is 29.4 Å². The maximum absolute atomic E-state index is 13.3. The van der Waals surface area contributed by atoms with E-state index < -0.39 is 199 Å². The van der Waals surface area contributed by atoms with E-state index in [-0.39, 0.29) is 72.8 Å². The molecule has 12 nitrogen and oxygen atoms in total. The number of hydrogen-bond donors (Lipinski definition) is 0. The third kappa shape index (κ3) is 22.3. The smallest absolute Gasteiger partial charge is 0.379 e. The average molecular weight is 1730 g/mol. The molecule has 0 spiro atoms. The van der Waals surface area contributed by atoms with E-state index in [0.717, 1.165) is 48.5 Å². The summed E-state index contributed by atoms with van der Waals surface area (Å²) in [6.07, 6.45) is -42.6. The van der Waals surface area contributed by atoms with E-state index in [1.165, 1.54) is 48.5 Å². The standard InChI is InChI=1S/2C34H19F12O6S3.C2H6/c2*35-31(36,37)20-14-21(32(38,39)40)17-29(16-20)54(47,48)51-24-6-10-27(11-7-24)53(26-4-2-1-3-5-26)28-12-8-25(9-13-28)52-55(49,50)30-18-22(33(41,42)43)15-23(19-30)34(44,45)46;1-2/h2*1-19H;1-2H3/q2*+1;. The van der Waals surface area contributed by atoms with E-state index in [2.05, 4.69) is 0 Å². The number of hydrogen-bond acceptors (Lipinski definition) is 12. The minimum absolute atomic E-state index is 0.0101. The lowest BCUT2D eigenvalue weighted by atomic mass is 10.1. The lowest BCUT2D eigenvalue weighted by Gasteiger charge is -2.15. The predicted octanol–water partition coefficient (Wildman–Crippen LogP) is 21.8. The zero-order valence-electron chi connectivity index (χ0n) is 55.4. The van der Waals surface area contributed by atoms with Crippen LogP contribution >= 0.6 is 0 Å². The van der Waals surface area contributed by atoms with Crippen molar-refractivity contribution in [2.24, 2.45) is 0 Å². The third-order valence-corrected chi connectivity index (χ3v) is 23.8. The molecule has 0 bridgehead atoms. The second kappa shape index (κ2) is 32.7. The molecule has 0 aromatic heterocycles. The van der Waals surface area contributed by atoms with Crippen LogP contribution in [0.4, 0.5) is 105 Å². The maximum atomic E-state index is 13.3. The highest BCUT2D eigenvalue weighted by atomic mass is 32.2. The molecule has 0 aliphatic rings. The molecule has 0 fully saturated rings. The zero-order chi connectivity index (χ0) is 83.6. The molecule has 0 N–H and O–H groups in total. The summed E-state index contributed by atoms with van der Waals surface area (Å²) in [5.41, 5.74) is -15.1. The maximum Gasteiger partial charge on any atom is 0.416 e. The molecule has 0 atom stereocenters. The topological polar surface area (TPSA) is 173 Å². The van der Waals surface area contributed by atoms with E-state index in [9.17, 15) is 139 Å². The minimum atomic E-state index is -5.33. The Hall–Kier alpha value is -9.78. The Bertz CT molecular complexity index is 4700. The molecular formula is C70H44F24O12S6+2. The van der Waals surface area contributed by atoms with Gasteiger partial charge in [-0.15, -0.1) is 0 Å². The number of halogens is 24. The van der Waals surface area contributed by atoms with Crippen LogP contribution in [0.3, 0.4) is 0 Å². The fourth-order valence-corrected chi connectivity index (χ4v) is 17.6. The Balaban J connectivity index is 0.000000275. The van der Waals surface area contributed by atoms with Gasteiger partial charge >= 0.3 is 89.9 Å². The minimum Gasteiger partial charge on any atom is -0.379 e. The zero-order valence-corrected chi connectivity index (χ0v) is 60.3. The van der Waals surface area contributed by atoms with Crippen LogP contribution in [0.1, 0.15) is 58.4 Å². The van der Waals surface area contributed by atoms with Gasteiger partial charge in [0, 0.05) is 0 Å². The van der Waals surface area contributed by atoms with Gasteiger partial charge in [-0.05, 0) is 194 Å². The van der Waals surface area contributed by atoms with Crippen LogP contribution in [0.25, 0.3) is 0 Å². The summed E-state index contributed by atoms with van der Waals surface area (Å²) >= 11 is 0. The Morgan fingerprint density at radius 3 is 0.473 bits per heavy atom. The second-order valence-corrected chi connectivity index (χ2v) is 32.5. The Labute approximate surface area is 625 Å². The summed E-state index contributed by atoms with van der Waals surface area (Å²) in [6, 6.07) is 34.7. The average Bonchev–Trinajstić information content (AvgIpc) is 0.797. The van der Waals surface area contributed by atoms with Gasteiger partial charge in [0.25, 0.3) is 0 Å². The fourth-order valence-electron chi connectivity index (χ4n) is 9.44. The van der Waals surface area contributed by atoms with Gasteiger partial charge in [-0.2, -0.15) is 139 Å². The fraction of sp³-hybridized carbons (Fsp3) is 0.143. The van der Waals surface area contributed by atoms with Crippen molar-refractivity contribution in [3.8, 4) is 23.0 Å². The van der Waals surface area contributed by atoms with Crippen molar-refractivity contribution >= 4 is 62.3 Å². The van der Waals surface area contributed by atoms with Crippen molar-refractivity contribution in [1.29, 1.82) is 0 Å². The first-order valence-electron chi connectivity index (χ1n) is 30.4. The molecule has 10 aromatic rings. The summed E-state index contributed by atoms with van der Waals surface area (Å²) in [7, 11) is -23.2. The van der Waals surface area contributed by atoms with Crippen molar-refractivity contribution in [3.05, 3.63) is 275 Å². The molecule has 0 aliphatic heterocycles. The van der Waals surface area contributed by atoms with Crippen LogP contribution in [0.5, 0.6) is 23.0 Å². The van der Waals surface area contributed by atoms with Gasteiger partial charge in [0.1, 0.15) is 42.6 Å². The van der Waals surface area contributed by atoms with Crippen LogP contribution in [0.2, 0.25) is 0 Å². The molecule has 0 saturated carbocycles. The molecule has 598 valence electrons. The molecule has 0 unspecified atom stereocenters. The number of rotatable bonds is 18. The van der Waals surface area contributed by atoms with Crippen LogP contribution < -0.4 is 16.7 Å². The van der Waals surface area contributed by atoms with Gasteiger partial charge in [0.2, 0.25) is 0 Å². The Morgan fingerprint density at radius 1 is 0.205 bits per heavy atom. The lowest BCUT2D eigenvalue weighted by molar-refractivity contribution is -0.145. The predicted molar refractivity (Wildman–Crippen MR) is 351 cm³/mol. The van der Waals surface area contributed by atoms with Gasteiger partial charge in [-0.3, -0.25) is 0 Å². The van der Waals surface area contributed by atoms with Gasteiger partial charge in [0.05, 0.1) is 66.3 Å². The second-order valence-electron chi connectivity index (χ2n) is 22.2. The lowest BCUT2D eigenvalue weighted by Crippen LogP contribution is -2.16. The van der Waals surface area contributed by atoms with E-state index >= 15 is 0 Å². The van der Waals surface area contributed by atoms with Crippen molar-refractivity contribution in [3.63, 3.8) is 0 Å². The molecular weight excluding hydrogens is 1680 g/mol. The molecule has 0 heterocycles. The molecule has 112 heavy (non-hydrogen) atoms. The van der Waals surface area contributed by atoms with Crippen molar-refractivity contribution < 1.29 is 156 Å². The van der Waals surface area contributed by atoms with E-state index in [1.807, 2.05) is 13.8 Å². The van der Waals surface area contributed by atoms with E-state index in [1.54, 1.807) is 60.7 Å². The van der Waals surface area contributed by atoms with Gasteiger partial charge in [-0.25, -0.2) is 0 Å². The SMILES string of the molecule is CC.O=S(=O)(Oc1ccc([S+](c2ccccc2)c2ccc(OS(=O)(=O)c3cc(C(F)(F)F)cc(C(F)(F)F)c3)cc2)cc1)c1cc(C(F)(F)F)cc(C(F)(F)F)c1.O=S(=O)(Oc1ccc([S+](c2ccccc2)c2ccc(OS(=O)(=O)c3cc(C(F)(F)F)cc(C(F)(F)F)c3)cc2)cc1)c1cc(C(F)(F)F)cc(C(F)(F)F)c1. The first-order chi connectivity index (χ1) is 51.5. The highest BCUT2D eigenvalue weighted by molar-refractivity contribution is 7.97. The highest BCUT2D eigenvalue weighted by Gasteiger charge is 2.44. The molecule has 0 radical (unpaired) electrons. The van der Waals surface area contributed by atoms with Gasteiger partial charge < -0.3 is 16.7 Å². The van der Waals surface area contributed by atoms with Crippen LogP contribution in [0, 0.1) is 0 Å². The quantitative estimate of drug-likeness (QED) is 0.0452. The van der Waals surface area contributed by atoms with Crippen LogP contribution in [-0.2, 0) is 112 Å². The Morgan fingerprint density at radius 2 is 0.339 bits per heavy atom. The highest BCUT2D eigenvalue weighted by Crippen LogP contribution is 2.45. The van der Waals surface area contributed by atoms with E-state index in [0.29, 0.717) is 29.4 Å². The monoisotopic (exact) mass is 1720 g/mol. The molecule has 10 aromatic carbocycles. The van der Waals surface area contributed by atoms with Crippen LogP contribution in [-0.4, -0.2) is 33.7 Å². The van der Waals surface area contributed by atoms with Crippen LogP contribution in [0.15, 0.2) is 279 Å². The molecule has 10 rings (SSSR count). The normalized spacial score (nSPS) is 13.0. The first-order valence-corrected chi connectivity index (χ1v) is 38.5. The first kappa shape index (κ1) is 87.8. The summed E-state index contributed by atoms with van der Waals surface area (Å²) in [4.78, 5) is -2.78. The number of alkyl halides is 24. The number of benzene rings is 10. The molecule has 42 heteroatoms. The third-order valence-electron chi connectivity index (χ3n) is 14.4. The summed E-state index contributed by atoms with van der Waals surface area (Å²) in [6.45, 7) is 4.00. The van der Waals surface area contributed by atoms with Crippen molar-refractivity contribution in [2.75, 3.05) is 0 Å². The van der Waals surface area contributed by atoms with E-state index in [4.69, 9.17) is 16.7 Å². The van der Waals surface area contributed by atoms with Crippen molar-refractivity contribution in [1.82, 2.24) is 0 Å². The van der Waals surface area contributed by atoms with Crippen molar-refractivity contribution in [2.45, 2.75) is 112 Å². The molecule has 0 aliphatic carbocycles. The summed E-state index contributed by atoms with van der Waals surface area (Å²) in [5, 5.41) is 0. The summed E-state index contributed by atoms with van der Waals surface area (Å²) < 4.78 is 442. The Kier molecular flexibility index (Phi) is 25.7. The molecule has 0 saturated heterocycles. The largest absolute Gasteiger partial charge is 0.416 e. The molecule has 0 amide bonds. The van der Waals surface area contributed by atoms with Gasteiger partial charge in [-0.1, -0.05) is 50.2 Å².